The first-order chi connectivity index (χ1) is 12.6. The third kappa shape index (κ3) is 5.23. The largest absolute Gasteiger partial charge is 0.338 e. The molecule has 0 bridgehead atoms. The lowest BCUT2D eigenvalue weighted by molar-refractivity contribution is -0.130. The summed E-state index contributed by atoms with van der Waals surface area (Å²) < 4.78 is 23.7. The average Bonchev–Trinajstić information content (AvgIpc) is 2.95. The number of thioether (sulfide) groups is 1. The zero-order valence-electron chi connectivity index (χ0n) is 16.6. The van der Waals surface area contributed by atoms with E-state index >= 15 is 0 Å². The quantitative estimate of drug-likeness (QED) is 0.671. The Labute approximate surface area is 166 Å². The van der Waals surface area contributed by atoms with Crippen molar-refractivity contribution in [1.29, 1.82) is 5.26 Å². The van der Waals surface area contributed by atoms with Gasteiger partial charge in [0.1, 0.15) is 11.1 Å². The first-order valence-electron chi connectivity index (χ1n) is 9.06. The van der Waals surface area contributed by atoms with Crippen LogP contribution in [0.25, 0.3) is 0 Å². The number of rotatable bonds is 6. The molecule has 27 heavy (non-hydrogen) atoms. The summed E-state index contributed by atoms with van der Waals surface area (Å²) in [4.78, 5) is 19.1. The fourth-order valence-electron chi connectivity index (χ4n) is 3.23. The minimum Gasteiger partial charge on any atom is -0.338 e. The lowest BCUT2D eigenvalue weighted by atomic mass is 10.1. The third-order valence-corrected chi connectivity index (χ3v) is 7.65. The van der Waals surface area contributed by atoms with E-state index in [4.69, 9.17) is 0 Å². The number of sulfone groups is 1. The molecule has 0 radical (unpaired) electrons. The van der Waals surface area contributed by atoms with Gasteiger partial charge in [0.15, 0.2) is 9.84 Å². The summed E-state index contributed by atoms with van der Waals surface area (Å²) in [5.41, 5.74) is 3.23. The molecule has 0 spiro atoms. The van der Waals surface area contributed by atoms with Crippen molar-refractivity contribution in [3.63, 3.8) is 0 Å². The zero-order chi connectivity index (χ0) is 20.4. The van der Waals surface area contributed by atoms with Crippen LogP contribution in [0.2, 0.25) is 0 Å². The fraction of sp³-hybridized carbons (Fsp3) is 0.632. The van der Waals surface area contributed by atoms with Gasteiger partial charge in [0.25, 0.3) is 0 Å². The highest BCUT2D eigenvalue weighted by molar-refractivity contribution is 8.00. The van der Waals surface area contributed by atoms with E-state index < -0.39 is 9.84 Å². The Balaban J connectivity index is 2.18. The predicted octanol–water partition coefficient (Wildman–Crippen LogP) is 2.64. The Morgan fingerprint density at radius 2 is 2.00 bits per heavy atom. The van der Waals surface area contributed by atoms with E-state index in [1.807, 2.05) is 34.6 Å². The van der Waals surface area contributed by atoms with Gasteiger partial charge < -0.3 is 4.90 Å². The van der Waals surface area contributed by atoms with Crippen LogP contribution in [0, 0.1) is 38.0 Å². The van der Waals surface area contributed by atoms with Crippen LogP contribution in [0.15, 0.2) is 5.03 Å². The molecular weight excluding hydrogens is 382 g/mol. The maximum atomic E-state index is 12.9. The van der Waals surface area contributed by atoms with Crippen LogP contribution in [-0.2, 0) is 14.6 Å². The Hall–Kier alpha value is -1.59. The monoisotopic (exact) mass is 409 g/mol. The van der Waals surface area contributed by atoms with Gasteiger partial charge >= 0.3 is 0 Å². The molecule has 148 valence electrons. The molecule has 0 N–H and O–H groups in total. The van der Waals surface area contributed by atoms with E-state index in [9.17, 15) is 18.5 Å². The molecule has 2 heterocycles. The van der Waals surface area contributed by atoms with E-state index in [-0.39, 0.29) is 35.1 Å². The van der Waals surface area contributed by atoms with Gasteiger partial charge in [-0.15, -0.1) is 0 Å². The van der Waals surface area contributed by atoms with Crippen molar-refractivity contribution in [2.75, 3.05) is 23.8 Å². The second-order valence-electron chi connectivity index (χ2n) is 7.52. The van der Waals surface area contributed by atoms with E-state index in [0.29, 0.717) is 23.6 Å². The number of hydrogen-bond acceptors (Lipinski definition) is 6. The van der Waals surface area contributed by atoms with Crippen molar-refractivity contribution in [1.82, 2.24) is 9.88 Å². The highest BCUT2D eigenvalue weighted by Crippen LogP contribution is 2.27. The first-order valence-corrected chi connectivity index (χ1v) is 11.9. The fourth-order valence-corrected chi connectivity index (χ4v) is 5.93. The van der Waals surface area contributed by atoms with Crippen LogP contribution in [0.4, 0.5) is 0 Å². The molecule has 2 rings (SSSR count). The molecule has 1 atom stereocenters. The SMILES string of the molecule is Cc1nc(SCC(=O)N(CC(C)C)[C@H]2CCS(=O)(=O)C2)c(C#N)c(C)c1C. The number of hydrogen-bond donors (Lipinski definition) is 0. The molecule has 1 aliphatic rings. The summed E-state index contributed by atoms with van der Waals surface area (Å²) in [6.45, 7) is 10.3. The minimum absolute atomic E-state index is 0.0422. The zero-order valence-corrected chi connectivity index (χ0v) is 18.2. The number of carbonyl (C=O) groups is 1. The summed E-state index contributed by atoms with van der Waals surface area (Å²) >= 11 is 1.26. The van der Waals surface area contributed by atoms with Crippen LogP contribution in [0.1, 0.15) is 42.7 Å². The smallest absolute Gasteiger partial charge is 0.233 e. The Kier molecular flexibility index (Phi) is 6.92. The molecular formula is C19H27N3O3S2. The highest BCUT2D eigenvalue weighted by Gasteiger charge is 2.34. The van der Waals surface area contributed by atoms with Crippen molar-refractivity contribution >= 4 is 27.5 Å². The summed E-state index contributed by atoms with van der Waals surface area (Å²) in [6, 6.07) is 1.94. The van der Waals surface area contributed by atoms with Gasteiger partial charge in [-0.2, -0.15) is 5.26 Å². The first kappa shape index (κ1) is 21.7. The van der Waals surface area contributed by atoms with Gasteiger partial charge in [-0.05, 0) is 44.2 Å². The molecule has 0 aliphatic carbocycles. The average molecular weight is 410 g/mol. The highest BCUT2D eigenvalue weighted by atomic mass is 32.2. The standard InChI is InChI=1S/C19H27N3O3S2/c1-12(2)9-22(16-6-7-27(24,25)11-16)18(23)10-26-19-17(8-20)14(4)13(3)15(5)21-19/h12,16H,6-7,9-11H2,1-5H3/t16-/m0/s1. The van der Waals surface area contributed by atoms with Gasteiger partial charge in [-0.1, -0.05) is 25.6 Å². The number of amides is 1. The second kappa shape index (κ2) is 8.61. The van der Waals surface area contributed by atoms with E-state index in [0.717, 1.165) is 16.8 Å². The maximum absolute atomic E-state index is 12.9. The number of pyridine rings is 1. The van der Waals surface area contributed by atoms with Crippen molar-refractivity contribution in [3.05, 3.63) is 22.4 Å². The van der Waals surface area contributed by atoms with Gasteiger partial charge in [0.2, 0.25) is 5.91 Å². The summed E-state index contributed by atoms with van der Waals surface area (Å²) in [7, 11) is -3.06. The minimum atomic E-state index is -3.06. The molecule has 6 nitrogen and oxygen atoms in total. The van der Waals surface area contributed by atoms with E-state index in [2.05, 4.69) is 11.1 Å². The van der Waals surface area contributed by atoms with Crippen LogP contribution >= 0.6 is 11.8 Å². The van der Waals surface area contributed by atoms with Crippen LogP contribution in [-0.4, -0.2) is 54.1 Å². The third-order valence-electron chi connectivity index (χ3n) is 4.94. The molecule has 8 heteroatoms. The molecule has 1 aromatic heterocycles. The molecule has 0 unspecified atom stereocenters. The Morgan fingerprint density at radius 1 is 1.33 bits per heavy atom. The van der Waals surface area contributed by atoms with Gasteiger partial charge in [0, 0.05) is 18.3 Å². The van der Waals surface area contributed by atoms with Crippen molar-refractivity contribution in [3.8, 4) is 6.07 Å². The summed E-state index contributed by atoms with van der Waals surface area (Å²) in [5.74, 6) is 0.479. The maximum Gasteiger partial charge on any atom is 0.233 e. The second-order valence-corrected chi connectivity index (χ2v) is 10.7. The van der Waals surface area contributed by atoms with E-state index in [1.54, 1.807) is 4.90 Å². The molecule has 1 aliphatic heterocycles. The predicted molar refractivity (Wildman–Crippen MR) is 107 cm³/mol. The van der Waals surface area contributed by atoms with Gasteiger partial charge in [-0.3, -0.25) is 4.79 Å². The molecule has 0 aromatic carbocycles. The number of carbonyl (C=O) groups excluding carboxylic acids is 1. The number of nitrogens with zero attached hydrogens (tertiary/aromatic N) is 3. The van der Waals surface area contributed by atoms with Crippen LogP contribution < -0.4 is 0 Å². The lowest BCUT2D eigenvalue weighted by Crippen LogP contribution is -2.44. The van der Waals surface area contributed by atoms with Crippen molar-refractivity contribution in [2.45, 2.75) is 52.1 Å². The summed E-state index contributed by atoms with van der Waals surface area (Å²) in [6.07, 6.45) is 0.496. The lowest BCUT2D eigenvalue weighted by Gasteiger charge is -2.30. The Bertz CT molecular complexity index is 873. The molecule has 1 aromatic rings. The van der Waals surface area contributed by atoms with Crippen molar-refractivity contribution < 1.29 is 13.2 Å². The molecule has 1 saturated heterocycles. The van der Waals surface area contributed by atoms with Crippen LogP contribution in [0.3, 0.4) is 0 Å². The van der Waals surface area contributed by atoms with E-state index in [1.165, 1.54) is 11.8 Å². The molecule has 0 saturated carbocycles. The number of aromatic nitrogens is 1. The molecule has 1 fully saturated rings. The normalized spacial score (nSPS) is 18.5. The van der Waals surface area contributed by atoms with Gasteiger partial charge in [-0.25, -0.2) is 13.4 Å². The number of aryl methyl sites for hydroxylation is 1. The van der Waals surface area contributed by atoms with Crippen LogP contribution in [0.5, 0.6) is 0 Å². The van der Waals surface area contributed by atoms with Crippen molar-refractivity contribution in [2.24, 2.45) is 5.92 Å². The Morgan fingerprint density at radius 3 is 2.52 bits per heavy atom. The summed E-state index contributed by atoms with van der Waals surface area (Å²) in [5, 5.41) is 10.0. The van der Waals surface area contributed by atoms with Gasteiger partial charge in [0.05, 0.1) is 22.8 Å². The topological polar surface area (TPSA) is 91.1 Å². The molecule has 1 amide bonds. The number of nitriles is 1.